The van der Waals surface area contributed by atoms with Crippen molar-refractivity contribution in [3.05, 3.63) is 18.0 Å². The summed E-state index contributed by atoms with van der Waals surface area (Å²) in [6.07, 6.45) is 5.40. The predicted molar refractivity (Wildman–Crippen MR) is 74.5 cm³/mol. The van der Waals surface area contributed by atoms with E-state index >= 15 is 0 Å². The van der Waals surface area contributed by atoms with Crippen molar-refractivity contribution in [1.29, 1.82) is 5.41 Å². The molecule has 6 heteroatoms. The van der Waals surface area contributed by atoms with E-state index < -0.39 is 0 Å². The van der Waals surface area contributed by atoms with E-state index in [0.29, 0.717) is 17.7 Å². The van der Waals surface area contributed by atoms with Gasteiger partial charge in [0.25, 0.3) is 0 Å². The Morgan fingerprint density at radius 1 is 1.32 bits per heavy atom. The molecule has 1 unspecified atom stereocenters. The van der Waals surface area contributed by atoms with Crippen molar-refractivity contribution in [2.75, 3.05) is 31.1 Å². The molecule has 3 N–H and O–H groups in total. The largest absolute Gasteiger partial charge is 0.382 e. The highest BCUT2D eigenvalue weighted by Gasteiger charge is 2.29. The third-order valence-electron chi connectivity index (χ3n) is 4.01. The Balaban J connectivity index is 1.80. The van der Waals surface area contributed by atoms with Gasteiger partial charge in [-0.25, -0.2) is 9.97 Å². The number of hydrogen-bond acceptors (Lipinski definition) is 5. The van der Waals surface area contributed by atoms with Crippen LogP contribution >= 0.6 is 0 Å². The molecule has 1 atom stereocenters. The first kappa shape index (κ1) is 12.3. The number of hydrogen-bond donors (Lipinski definition) is 2. The van der Waals surface area contributed by atoms with Crippen molar-refractivity contribution in [3.8, 4) is 0 Å². The van der Waals surface area contributed by atoms with Crippen molar-refractivity contribution in [1.82, 2.24) is 14.9 Å². The number of nitrogens with zero attached hydrogens (tertiary/aromatic N) is 4. The van der Waals surface area contributed by atoms with Gasteiger partial charge in [0.05, 0.1) is 0 Å². The number of rotatable bonds is 2. The smallest absolute Gasteiger partial charge is 0.226 e. The van der Waals surface area contributed by atoms with Gasteiger partial charge in [0.2, 0.25) is 5.95 Å². The van der Waals surface area contributed by atoms with Crippen LogP contribution in [0.5, 0.6) is 0 Å². The third-order valence-corrected chi connectivity index (χ3v) is 4.01. The summed E-state index contributed by atoms with van der Waals surface area (Å²) in [4.78, 5) is 13.6. The average molecular weight is 260 g/mol. The van der Waals surface area contributed by atoms with E-state index in [1.807, 2.05) is 0 Å². The molecule has 0 bridgehead atoms. The van der Waals surface area contributed by atoms with Crippen LogP contribution in [0.25, 0.3) is 0 Å². The van der Waals surface area contributed by atoms with Gasteiger partial charge >= 0.3 is 0 Å². The van der Waals surface area contributed by atoms with Crippen LogP contribution < -0.4 is 10.6 Å². The molecule has 2 saturated heterocycles. The second kappa shape index (κ2) is 5.13. The number of amidine groups is 1. The molecule has 102 valence electrons. The molecule has 1 aromatic heterocycles. The summed E-state index contributed by atoms with van der Waals surface area (Å²) in [5, 5.41) is 7.47. The standard InChI is InChI=1S/C13H20N6/c14-12(15)11-4-5-16-13(17-11)19-8-2-7-18-6-1-3-10(18)9-19/h4-5,10H,1-3,6-9H2,(H3,14,15). The lowest BCUT2D eigenvalue weighted by molar-refractivity contribution is 0.273. The summed E-state index contributed by atoms with van der Waals surface area (Å²) in [5.74, 6) is 0.711. The first-order chi connectivity index (χ1) is 9.24. The van der Waals surface area contributed by atoms with Crippen LogP contribution in [0.1, 0.15) is 25.0 Å². The van der Waals surface area contributed by atoms with Gasteiger partial charge in [-0.3, -0.25) is 10.3 Å². The molecule has 0 aliphatic carbocycles. The number of nitrogen functional groups attached to an aromatic ring is 1. The molecule has 3 rings (SSSR count). The van der Waals surface area contributed by atoms with Crippen LogP contribution in [0, 0.1) is 5.41 Å². The lowest BCUT2D eigenvalue weighted by Gasteiger charge is -2.25. The highest BCUT2D eigenvalue weighted by Crippen LogP contribution is 2.23. The van der Waals surface area contributed by atoms with Crippen LogP contribution in [0.4, 0.5) is 5.95 Å². The van der Waals surface area contributed by atoms with Crippen LogP contribution in [0.15, 0.2) is 12.3 Å². The maximum Gasteiger partial charge on any atom is 0.226 e. The summed E-state index contributed by atoms with van der Waals surface area (Å²) in [7, 11) is 0. The summed E-state index contributed by atoms with van der Waals surface area (Å²) in [5.41, 5.74) is 6.01. The van der Waals surface area contributed by atoms with Crippen molar-refractivity contribution in [3.63, 3.8) is 0 Å². The van der Waals surface area contributed by atoms with E-state index in [4.69, 9.17) is 11.1 Å². The fraction of sp³-hybridized carbons (Fsp3) is 0.615. The number of nitrogens with one attached hydrogen (secondary N) is 1. The predicted octanol–water partition coefficient (Wildman–Crippen LogP) is 0.435. The van der Waals surface area contributed by atoms with Crippen molar-refractivity contribution < 1.29 is 0 Å². The maximum absolute atomic E-state index is 7.47. The molecule has 2 fully saturated rings. The molecule has 6 nitrogen and oxygen atoms in total. The summed E-state index contributed by atoms with van der Waals surface area (Å²) >= 11 is 0. The summed E-state index contributed by atoms with van der Waals surface area (Å²) < 4.78 is 0. The minimum Gasteiger partial charge on any atom is -0.382 e. The van der Waals surface area contributed by atoms with Crippen LogP contribution in [-0.4, -0.2) is 52.9 Å². The molecule has 2 aliphatic rings. The Labute approximate surface area is 113 Å². The monoisotopic (exact) mass is 260 g/mol. The molecule has 19 heavy (non-hydrogen) atoms. The fourth-order valence-corrected chi connectivity index (χ4v) is 3.04. The minimum atomic E-state index is 0.000893. The zero-order chi connectivity index (χ0) is 13.2. The minimum absolute atomic E-state index is 0.000893. The second-order valence-electron chi connectivity index (χ2n) is 5.29. The Morgan fingerprint density at radius 2 is 2.16 bits per heavy atom. The van der Waals surface area contributed by atoms with Gasteiger partial charge in [0.1, 0.15) is 11.5 Å². The highest BCUT2D eigenvalue weighted by atomic mass is 15.3. The van der Waals surface area contributed by atoms with Crippen LogP contribution in [0.3, 0.4) is 0 Å². The van der Waals surface area contributed by atoms with Gasteiger partial charge in [0, 0.05) is 31.9 Å². The SMILES string of the molecule is N=C(N)c1ccnc(N2CCCN3CCCC3C2)n1. The molecule has 0 spiro atoms. The summed E-state index contributed by atoms with van der Waals surface area (Å²) in [6, 6.07) is 2.32. The van der Waals surface area contributed by atoms with E-state index in [1.54, 1.807) is 12.3 Å². The normalized spacial score (nSPS) is 24.0. The van der Waals surface area contributed by atoms with Crippen LogP contribution in [-0.2, 0) is 0 Å². The molecular formula is C13H20N6. The third kappa shape index (κ3) is 2.53. The Kier molecular flexibility index (Phi) is 3.33. The molecule has 2 aliphatic heterocycles. The average Bonchev–Trinajstić information content (AvgIpc) is 2.76. The number of fused-ring (bicyclic) bond motifs is 1. The fourth-order valence-electron chi connectivity index (χ4n) is 3.04. The maximum atomic E-state index is 7.47. The molecule has 0 amide bonds. The lowest BCUT2D eigenvalue weighted by Crippen LogP contribution is -2.37. The van der Waals surface area contributed by atoms with Gasteiger partial charge < -0.3 is 10.6 Å². The Bertz CT molecular complexity index is 474. The quantitative estimate of drug-likeness (QED) is 0.595. The Hall–Kier alpha value is -1.69. The van der Waals surface area contributed by atoms with Crippen LogP contribution in [0.2, 0.25) is 0 Å². The zero-order valence-electron chi connectivity index (χ0n) is 11.0. The molecule has 0 radical (unpaired) electrons. The molecule has 0 saturated carbocycles. The first-order valence-corrected chi connectivity index (χ1v) is 6.90. The number of nitrogens with two attached hydrogens (primary N) is 1. The number of aromatic nitrogens is 2. The van der Waals surface area contributed by atoms with Crippen molar-refractivity contribution >= 4 is 11.8 Å². The van der Waals surface area contributed by atoms with E-state index in [2.05, 4.69) is 19.8 Å². The van der Waals surface area contributed by atoms with Gasteiger partial charge in [0.15, 0.2) is 0 Å². The van der Waals surface area contributed by atoms with Gasteiger partial charge in [-0.2, -0.15) is 0 Å². The van der Waals surface area contributed by atoms with Gasteiger partial charge in [-0.1, -0.05) is 0 Å². The zero-order valence-corrected chi connectivity index (χ0v) is 11.0. The molecule has 3 heterocycles. The topological polar surface area (TPSA) is 82.1 Å². The summed E-state index contributed by atoms with van der Waals surface area (Å²) in [6.45, 7) is 4.37. The van der Waals surface area contributed by atoms with Crippen molar-refractivity contribution in [2.24, 2.45) is 5.73 Å². The van der Waals surface area contributed by atoms with Crippen molar-refractivity contribution in [2.45, 2.75) is 25.3 Å². The second-order valence-corrected chi connectivity index (χ2v) is 5.29. The molecular weight excluding hydrogens is 240 g/mol. The first-order valence-electron chi connectivity index (χ1n) is 6.90. The Morgan fingerprint density at radius 3 is 3.00 bits per heavy atom. The van der Waals surface area contributed by atoms with Gasteiger partial charge in [-0.15, -0.1) is 0 Å². The highest BCUT2D eigenvalue weighted by molar-refractivity contribution is 5.93. The van der Waals surface area contributed by atoms with E-state index in [0.717, 1.165) is 19.5 Å². The lowest BCUT2D eigenvalue weighted by atomic mass is 10.2. The van der Waals surface area contributed by atoms with E-state index in [9.17, 15) is 0 Å². The molecule has 1 aromatic rings. The van der Waals surface area contributed by atoms with Gasteiger partial charge in [-0.05, 0) is 31.9 Å². The van der Waals surface area contributed by atoms with E-state index in [-0.39, 0.29) is 5.84 Å². The molecule has 0 aromatic carbocycles. The van der Waals surface area contributed by atoms with E-state index in [1.165, 1.54) is 25.9 Å². The number of anilines is 1.